The number of likely N-dealkylation sites (tertiary alicyclic amines) is 1. The Morgan fingerprint density at radius 2 is 2.24 bits per heavy atom. The largest absolute Gasteiger partial charge is 0.363 e. The highest BCUT2D eigenvalue weighted by Gasteiger charge is 2.24. The van der Waals surface area contributed by atoms with E-state index in [1.54, 1.807) is 0 Å². The molecule has 2 aromatic heterocycles. The van der Waals surface area contributed by atoms with Gasteiger partial charge in [-0.1, -0.05) is 0 Å². The number of piperidine rings is 1. The molecule has 3 heterocycles. The summed E-state index contributed by atoms with van der Waals surface area (Å²) in [5.74, 6) is 1.65. The second-order valence-corrected chi connectivity index (χ2v) is 7.33. The van der Waals surface area contributed by atoms with E-state index < -0.39 is 0 Å². The van der Waals surface area contributed by atoms with Crippen molar-refractivity contribution in [2.24, 2.45) is 0 Å². The van der Waals surface area contributed by atoms with Gasteiger partial charge in [-0.3, -0.25) is 10.00 Å². The molecule has 1 atom stereocenters. The van der Waals surface area contributed by atoms with E-state index in [9.17, 15) is 0 Å². The summed E-state index contributed by atoms with van der Waals surface area (Å²) in [5.41, 5.74) is 4.08. The van der Waals surface area contributed by atoms with E-state index in [1.165, 1.54) is 36.2 Å². The van der Waals surface area contributed by atoms with Crippen LogP contribution in [-0.2, 0) is 19.4 Å². The van der Waals surface area contributed by atoms with Crippen molar-refractivity contribution in [1.29, 1.82) is 0 Å². The number of aromatic nitrogens is 4. The van der Waals surface area contributed by atoms with E-state index in [4.69, 9.17) is 0 Å². The van der Waals surface area contributed by atoms with Gasteiger partial charge in [-0.05, 0) is 50.3 Å². The van der Waals surface area contributed by atoms with E-state index in [1.807, 2.05) is 31.3 Å². The van der Waals surface area contributed by atoms with Crippen LogP contribution in [0.25, 0.3) is 0 Å². The van der Waals surface area contributed by atoms with Gasteiger partial charge in [-0.15, -0.1) is 0 Å². The maximum atomic E-state index is 4.58. The number of H-pyrrole nitrogens is 1. The number of nitrogens with one attached hydrogen (secondary N) is 2. The lowest BCUT2D eigenvalue weighted by atomic mass is 10.1. The van der Waals surface area contributed by atoms with Crippen LogP contribution in [0.3, 0.4) is 0 Å². The molecule has 7 heteroatoms. The molecule has 0 bridgehead atoms. The Morgan fingerprint density at radius 1 is 1.32 bits per heavy atom. The number of hydrogen-bond donors (Lipinski definition) is 2. The van der Waals surface area contributed by atoms with Crippen molar-refractivity contribution in [1.82, 2.24) is 25.1 Å². The summed E-state index contributed by atoms with van der Waals surface area (Å²) >= 11 is 0. The average molecular weight is 341 g/mol. The quantitative estimate of drug-likeness (QED) is 0.864. The van der Waals surface area contributed by atoms with Crippen LogP contribution in [0, 0.1) is 0 Å². The Morgan fingerprint density at radius 3 is 3.12 bits per heavy atom. The van der Waals surface area contributed by atoms with Crippen molar-refractivity contribution in [3.63, 3.8) is 0 Å². The van der Waals surface area contributed by atoms with Gasteiger partial charge in [0, 0.05) is 45.1 Å². The van der Waals surface area contributed by atoms with Gasteiger partial charge in [-0.25, -0.2) is 4.98 Å². The molecule has 1 fully saturated rings. The second kappa shape index (κ2) is 7.00. The molecule has 25 heavy (non-hydrogen) atoms. The molecule has 1 aliphatic heterocycles. The summed E-state index contributed by atoms with van der Waals surface area (Å²) in [4.78, 5) is 13.5. The van der Waals surface area contributed by atoms with Gasteiger partial charge in [0.25, 0.3) is 0 Å². The number of rotatable bonds is 5. The van der Waals surface area contributed by atoms with Gasteiger partial charge >= 0.3 is 0 Å². The third-order valence-electron chi connectivity index (χ3n) is 5.20. The molecule has 134 valence electrons. The summed E-state index contributed by atoms with van der Waals surface area (Å²) in [7, 11) is 3.99. The van der Waals surface area contributed by atoms with Crippen LogP contribution in [0.1, 0.15) is 36.2 Å². The normalized spacial score (nSPS) is 20.5. The number of fused-ring (bicyclic) bond motifs is 1. The first-order valence-corrected chi connectivity index (χ1v) is 9.23. The van der Waals surface area contributed by atoms with Gasteiger partial charge in [0.2, 0.25) is 5.95 Å². The maximum Gasteiger partial charge on any atom is 0.224 e. The molecule has 2 aromatic rings. The molecule has 7 nitrogen and oxygen atoms in total. The van der Waals surface area contributed by atoms with Crippen LogP contribution in [0.2, 0.25) is 0 Å². The monoisotopic (exact) mass is 341 g/mol. The minimum atomic E-state index is 0.387. The number of aryl methyl sites for hydroxylation is 1. The molecule has 0 amide bonds. The average Bonchev–Trinajstić information content (AvgIpc) is 3.21. The van der Waals surface area contributed by atoms with Gasteiger partial charge in [0.1, 0.15) is 5.82 Å². The highest BCUT2D eigenvalue weighted by molar-refractivity contribution is 5.41. The van der Waals surface area contributed by atoms with Gasteiger partial charge < -0.3 is 10.2 Å². The fourth-order valence-electron chi connectivity index (χ4n) is 3.90. The van der Waals surface area contributed by atoms with Crippen LogP contribution >= 0.6 is 0 Å². The fourth-order valence-corrected chi connectivity index (χ4v) is 3.90. The van der Waals surface area contributed by atoms with Crippen molar-refractivity contribution >= 4 is 11.8 Å². The third kappa shape index (κ3) is 3.61. The standard InChI is InChI=1S/C18H27N7/c1-24(2)17-8-9-19-18(21-17)20-13-5-4-10-25(11-13)12-16-14-6-3-7-15(14)22-23-16/h8-9,13H,3-7,10-12H2,1-2H3,(H,22,23)(H,19,20,21). The molecule has 4 rings (SSSR count). The molecule has 0 aromatic carbocycles. The predicted molar refractivity (Wildman–Crippen MR) is 98.9 cm³/mol. The van der Waals surface area contributed by atoms with Crippen molar-refractivity contribution in [2.75, 3.05) is 37.4 Å². The summed E-state index contributed by atoms with van der Waals surface area (Å²) in [6.45, 7) is 3.10. The van der Waals surface area contributed by atoms with E-state index in [0.29, 0.717) is 6.04 Å². The smallest absolute Gasteiger partial charge is 0.224 e. The zero-order chi connectivity index (χ0) is 17.2. The summed E-state index contributed by atoms with van der Waals surface area (Å²) < 4.78 is 0. The molecule has 1 saturated heterocycles. The lowest BCUT2D eigenvalue weighted by Gasteiger charge is -2.32. The van der Waals surface area contributed by atoms with Crippen molar-refractivity contribution in [3.05, 3.63) is 29.2 Å². The highest BCUT2D eigenvalue weighted by Crippen LogP contribution is 2.25. The number of nitrogens with zero attached hydrogens (tertiary/aromatic N) is 5. The molecule has 2 N–H and O–H groups in total. The van der Waals surface area contributed by atoms with Crippen LogP contribution < -0.4 is 10.2 Å². The minimum Gasteiger partial charge on any atom is -0.363 e. The summed E-state index contributed by atoms with van der Waals surface area (Å²) in [6, 6.07) is 2.31. The third-order valence-corrected chi connectivity index (χ3v) is 5.20. The Bertz CT molecular complexity index is 724. The molecule has 2 aliphatic rings. The van der Waals surface area contributed by atoms with Gasteiger partial charge in [0.15, 0.2) is 0 Å². The Kier molecular flexibility index (Phi) is 4.57. The van der Waals surface area contributed by atoms with Crippen molar-refractivity contribution < 1.29 is 0 Å². The lowest BCUT2D eigenvalue weighted by molar-refractivity contribution is 0.205. The number of hydrogen-bond acceptors (Lipinski definition) is 6. The van der Waals surface area contributed by atoms with Crippen molar-refractivity contribution in [3.8, 4) is 0 Å². The molecule has 0 spiro atoms. The summed E-state index contributed by atoms with van der Waals surface area (Å²) in [5, 5.41) is 11.3. The zero-order valence-corrected chi connectivity index (χ0v) is 15.1. The molecule has 1 aliphatic carbocycles. The second-order valence-electron chi connectivity index (χ2n) is 7.33. The molecular formula is C18H27N7. The molecule has 0 saturated carbocycles. The fraction of sp³-hybridized carbons (Fsp3) is 0.611. The highest BCUT2D eigenvalue weighted by atomic mass is 15.2. The van der Waals surface area contributed by atoms with Gasteiger partial charge in [-0.2, -0.15) is 10.1 Å². The topological polar surface area (TPSA) is 73.0 Å². The Labute approximate surface area is 148 Å². The van der Waals surface area contributed by atoms with Crippen LogP contribution in [0.4, 0.5) is 11.8 Å². The van der Waals surface area contributed by atoms with Gasteiger partial charge in [0.05, 0.1) is 5.69 Å². The Hall–Kier alpha value is -2.15. The van der Waals surface area contributed by atoms with Crippen LogP contribution in [-0.4, -0.2) is 58.3 Å². The molecular weight excluding hydrogens is 314 g/mol. The van der Waals surface area contributed by atoms with E-state index in [-0.39, 0.29) is 0 Å². The molecule has 1 unspecified atom stereocenters. The first-order chi connectivity index (χ1) is 12.2. The van der Waals surface area contributed by atoms with Crippen LogP contribution in [0.15, 0.2) is 12.3 Å². The van der Waals surface area contributed by atoms with Crippen LogP contribution in [0.5, 0.6) is 0 Å². The van der Waals surface area contributed by atoms with E-state index >= 15 is 0 Å². The first kappa shape index (κ1) is 16.3. The minimum absolute atomic E-state index is 0.387. The van der Waals surface area contributed by atoms with E-state index in [0.717, 1.165) is 44.2 Å². The Balaban J connectivity index is 1.38. The van der Waals surface area contributed by atoms with Crippen molar-refractivity contribution in [2.45, 2.75) is 44.7 Å². The maximum absolute atomic E-state index is 4.58. The van der Waals surface area contributed by atoms with E-state index in [2.05, 4.69) is 30.4 Å². The predicted octanol–water partition coefficient (Wildman–Crippen LogP) is 1.83. The lowest BCUT2D eigenvalue weighted by Crippen LogP contribution is -2.42. The number of aromatic amines is 1. The summed E-state index contributed by atoms with van der Waals surface area (Å²) in [6.07, 6.45) is 7.77. The molecule has 0 radical (unpaired) electrons. The number of anilines is 2. The zero-order valence-electron chi connectivity index (χ0n) is 15.1. The first-order valence-electron chi connectivity index (χ1n) is 9.23. The SMILES string of the molecule is CN(C)c1ccnc(NC2CCCN(Cc3n[nH]c4c3CCC4)C2)n1.